The molecule has 1 atom stereocenters. The van der Waals surface area contributed by atoms with Gasteiger partial charge in [0.05, 0.1) is 12.7 Å². The van der Waals surface area contributed by atoms with E-state index in [1.54, 1.807) is 11.0 Å². The molecular weight excluding hydrogens is 271 g/mol. The summed E-state index contributed by atoms with van der Waals surface area (Å²) in [4.78, 5) is 14.3. The molecule has 0 aliphatic carbocycles. The van der Waals surface area contributed by atoms with Gasteiger partial charge < -0.3 is 15.0 Å². The van der Waals surface area contributed by atoms with Crippen LogP contribution >= 0.6 is 0 Å². The van der Waals surface area contributed by atoms with Gasteiger partial charge in [0.1, 0.15) is 11.6 Å². The molecule has 1 amide bonds. The molecule has 5 heteroatoms. The molecule has 1 fully saturated rings. The lowest BCUT2D eigenvalue weighted by molar-refractivity contribution is 0.0684. The molecule has 2 rings (SSSR count). The molecule has 1 saturated heterocycles. The molecule has 1 unspecified atom stereocenters. The molecule has 21 heavy (non-hydrogen) atoms. The molecule has 1 aliphatic rings. The fraction of sp³-hybridized carbons (Fsp3) is 0.562. The maximum atomic E-state index is 14.1. The van der Waals surface area contributed by atoms with Crippen molar-refractivity contribution >= 4 is 5.91 Å². The molecule has 0 radical (unpaired) electrons. The van der Waals surface area contributed by atoms with E-state index in [1.807, 2.05) is 13.8 Å². The van der Waals surface area contributed by atoms with Crippen molar-refractivity contribution in [3.8, 4) is 5.75 Å². The van der Waals surface area contributed by atoms with Crippen LogP contribution in [-0.2, 0) is 0 Å². The van der Waals surface area contributed by atoms with Crippen molar-refractivity contribution in [1.29, 1.82) is 0 Å². The summed E-state index contributed by atoms with van der Waals surface area (Å²) in [5.41, 5.74) is 0.0995. The van der Waals surface area contributed by atoms with E-state index in [1.165, 1.54) is 19.2 Å². The fourth-order valence-electron chi connectivity index (χ4n) is 2.63. The molecule has 0 aromatic heterocycles. The van der Waals surface area contributed by atoms with Gasteiger partial charge in [0.25, 0.3) is 5.91 Å². The summed E-state index contributed by atoms with van der Waals surface area (Å²) in [6.07, 6.45) is 2.18. The van der Waals surface area contributed by atoms with Gasteiger partial charge in [-0.25, -0.2) is 4.39 Å². The molecule has 1 aromatic rings. The molecule has 4 nitrogen and oxygen atoms in total. The van der Waals surface area contributed by atoms with Gasteiger partial charge in [0, 0.05) is 24.7 Å². The first kappa shape index (κ1) is 15.8. The number of rotatable bonds is 5. The van der Waals surface area contributed by atoms with Crippen LogP contribution in [0.1, 0.15) is 37.0 Å². The van der Waals surface area contributed by atoms with Gasteiger partial charge in [0.15, 0.2) is 0 Å². The Bertz CT molecular complexity index is 499. The zero-order chi connectivity index (χ0) is 15.4. The van der Waals surface area contributed by atoms with Crippen molar-refractivity contribution in [3.63, 3.8) is 0 Å². The van der Waals surface area contributed by atoms with Crippen LogP contribution < -0.4 is 10.1 Å². The topological polar surface area (TPSA) is 41.6 Å². The first-order valence-corrected chi connectivity index (χ1v) is 7.40. The number of carbonyl (C=O) groups excluding carboxylic acids is 1. The van der Waals surface area contributed by atoms with E-state index in [0.717, 1.165) is 19.4 Å². The van der Waals surface area contributed by atoms with E-state index in [2.05, 4.69) is 5.32 Å². The van der Waals surface area contributed by atoms with Gasteiger partial charge in [0.2, 0.25) is 0 Å². The normalized spacial score (nSPS) is 18.0. The Morgan fingerprint density at radius 2 is 2.29 bits per heavy atom. The number of benzene rings is 1. The Morgan fingerprint density at radius 3 is 2.81 bits per heavy atom. The summed E-state index contributed by atoms with van der Waals surface area (Å²) in [7, 11) is 1.47. The molecule has 1 aromatic carbocycles. The summed E-state index contributed by atoms with van der Waals surface area (Å²) in [6.45, 7) is 5.51. The number of hydrogen-bond donors (Lipinski definition) is 1. The number of amides is 1. The molecule has 116 valence electrons. The Labute approximate surface area is 125 Å². The highest BCUT2D eigenvalue weighted by molar-refractivity contribution is 5.94. The standard InChI is InChI=1S/C16H23FN2O2/c1-11(2)19(10-12-5-4-8-18-12)16(20)14-7-6-13(21-3)9-15(14)17/h6-7,9,11-12,18H,4-5,8,10H2,1-3H3. The largest absolute Gasteiger partial charge is 0.497 e. The van der Waals surface area contributed by atoms with Crippen molar-refractivity contribution in [1.82, 2.24) is 10.2 Å². The monoisotopic (exact) mass is 294 g/mol. The lowest BCUT2D eigenvalue weighted by Crippen LogP contribution is -2.45. The molecule has 0 spiro atoms. The molecule has 1 N–H and O–H groups in total. The predicted octanol–water partition coefficient (Wildman–Crippen LogP) is 2.44. The SMILES string of the molecule is COc1ccc(C(=O)N(CC2CCCN2)C(C)C)c(F)c1. The van der Waals surface area contributed by atoms with Crippen LogP contribution in [0.3, 0.4) is 0 Å². The Balaban J connectivity index is 2.17. The molecule has 1 heterocycles. The Hall–Kier alpha value is -1.62. The second kappa shape index (κ2) is 6.89. The van der Waals surface area contributed by atoms with Crippen molar-refractivity contribution < 1.29 is 13.9 Å². The zero-order valence-electron chi connectivity index (χ0n) is 12.9. The van der Waals surface area contributed by atoms with E-state index in [-0.39, 0.29) is 17.5 Å². The highest BCUT2D eigenvalue weighted by atomic mass is 19.1. The van der Waals surface area contributed by atoms with E-state index in [4.69, 9.17) is 4.74 Å². The highest BCUT2D eigenvalue weighted by Crippen LogP contribution is 2.19. The maximum absolute atomic E-state index is 14.1. The summed E-state index contributed by atoms with van der Waals surface area (Å²) < 4.78 is 19.1. The van der Waals surface area contributed by atoms with Gasteiger partial charge in [-0.05, 0) is 45.4 Å². The number of carbonyl (C=O) groups is 1. The summed E-state index contributed by atoms with van der Waals surface area (Å²) in [6, 6.07) is 4.69. The van der Waals surface area contributed by atoms with Gasteiger partial charge in [-0.1, -0.05) is 0 Å². The van der Waals surface area contributed by atoms with Gasteiger partial charge in [-0.3, -0.25) is 4.79 Å². The maximum Gasteiger partial charge on any atom is 0.257 e. The van der Waals surface area contributed by atoms with Gasteiger partial charge in [-0.2, -0.15) is 0 Å². The summed E-state index contributed by atoms with van der Waals surface area (Å²) >= 11 is 0. The highest BCUT2D eigenvalue weighted by Gasteiger charge is 2.26. The van der Waals surface area contributed by atoms with Gasteiger partial charge >= 0.3 is 0 Å². The molecule has 1 aliphatic heterocycles. The molecule has 0 bridgehead atoms. The second-order valence-corrected chi connectivity index (χ2v) is 5.69. The lowest BCUT2D eigenvalue weighted by Gasteiger charge is -2.29. The van der Waals surface area contributed by atoms with Crippen LogP contribution in [0, 0.1) is 5.82 Å². The third-order valence-corrected chi connectivity index (χ3v) is 3.87. The second-order valence-electron chi connectivity index (χ2n) is 5.69. The average Bonchev–Trinajstić information content (AvgIpc) is 2.96. The van der Waals surface area contributed by atoms with Crippen molar-refractivity contribution in [2.24, 2.45) is 0 Å². The average molecular weight is 294 g/mol. The quantitative estimate of drug-likeness (QED) is 0.907. The lowest BCUT2D eigenvalue weighted by atomic mass is 10.1. The summed E-state index contributed by atoms with van der Waals surface area (Å²) in [5, 5.41) is 3.37. The van der Waals surface area contributed by atoms with E-state index < -0.39 is 5.82 Å². The van der Waals surface area contributed by atoms with Gasteiger partial charge in [-0.15, -0.1) is 0 Å². The van der Waals surface area contributed by atoms with Crippen LogP contribution in [0.25, 0.3) is 0 Å². The number of hydrogen-bond acceptors (Lipinski definition) is 3. The van der Waals surface area contributed by atoms with Crippen molar-refractivity contribution in [3.05, 3.63) is 29.6 Å². The van der Waals surface area contributed by atoms with Crippen LogP contribution in [0.5, 0.6) is 5.75 Å². The summed E-state index contributed by atoms with van der Waals surface area (Å²) in [5.74, 6) is -0.388. The minimum absolute atomic E-state index is 0.0291. The van der Waals surface area contributed by atoms with Crippen LogP contribution in [0.15, 0.2) is 18.2 Å². The van der Waals surface area contributed by atoms with Crippen molar-refractivity contribution in [2.75, 3.05) is 20.2 Å². The first-order valence-electron chi connectivity index (χ1n) is 7.40. The molecular formula is C16H23FN2O2. The van der Waals surface area contributed by atoms with E-state index in [9.17, 15) is 9.18 Å². The fourth-order valence-corrected chi connectivity index (χ4v) is 2.63. The van der Waals surface area contributed by atoms with Crippen LogP contribution in [0.2, 0.25) is 0 Å². The minimum atomic E-state index is -0.538. The Morgan fingerprint density at radius 1 is 1.52 bits per heavy atom. The number of methoxy groups -OCH3 is 1. The van der Waals surface area contributed by atoms with Crippen LogP contribution in [0.4, 0.5) is 4.39 Å². The smallest absolute Gasteiger partial charge is 0.257 e. The third-order valence-electron chi connectivity index (χ3n) is 3.87. The van der Waals surface area contributed by atoms with Crippen LogP contribution in [-0.4, -0.2) is 43.1 Å². The number of ether oxygens (including phenoxy) is 1. The number of halogens is 1. The number of nitrogens with one attached hydrogen (secondary N) is 1. The zero-order valence-corrected chi connectivity index (χ0v) is 12.9. The first-order chi connectivity index (χ1) is 10.0. The van der Waals surface area contributed by atoms with E-state index in [0.29, 0.717) is 18.3 Å². The Kier molecular flexibility index (Phi) is 5.17. The number of nitrogens with zero attached hydrogens (tertiary/aromatic N) is 1. The minimum Gasteiger partial charge on any atom is -0.497 e. The van der Waals surface area contributed by atoms with Crippen molar-refractivity contribution in [2.45, 2.75) is 38.8 Å². The predicted molar refractivity (Wildman–Crippen MR) is 80.1 cm³/mol. The molecule has 0 saturated carbocycles. The van der Waals surface area contributed by atoms with E-state index >= 15 is 0 Å². The third kappa shape index (κ3) is 3.73.